The summed E-state index contributed by atoms with van der Waals surface area (Å²) in [6, 6.07) is 0. The lowest BCUT2D eigenvalue weighted by molar-refractivity contribution is 0.0700. The van der Waals surface area contributed by atoms with Crippen LogP contribution in [0.5, 0.6) is 0 Å². The topological polar surface area (TPSA) is 53.4 Å². The summed E-state index contributed by atoms with van der Waals surface area (Å²) in [6.07, 6.45) is 0. The molecule has 0 saturated heterocycles. The van der Waals surface area contributed by atoms with Crippen molar-refractivity contribution in [3.8, 4) is 0 Å². The van der Waals surface area contributed by atoms with E-state index in [0.29, 0.717) is 10.6 Å². The predicted molar refractivity (Wildman–Crippen MR) is 62.1 cm³/mol. The number of carbonyl (C=O) groups is 1. The van der Waals surface area contributed by atoms with Gasteiger partial charge in [-0.3, -0.25) is 0 Å². The van der Waals surface area contributed by atoms with E-state index in [0.717, 1.165) is 11.7 Å². The molecule has 1 aromatic heterocycles. The zero-order valence-electron chi connectivity index (χ0n) is 9.44. The largest absolute Gasteiger partial charge is 0.477 e. The van der Waals surface area contributed by atoms with E-state index < -0.39 is 5.97 Å². The van der Waals surface area contributed by atoms with Crippen LogP contribution in [-0.2, 0) is 0 Å². The lowest BCUT2D eigenvalue weighted by Gasteiger charge is -2.11. The Morgan fingerprint density at radius 1 is 1.60 bits per heavy atom. The molecule has 0 amide bonds. The van der Waals surface area contributed by atoms with Crippen molar-refractivity contribution in [2.24, 2.45) is 0 Å². The van der Waals surface area contributed by atoms with Gasteiger partial charge in [-0.25, -0.2) is 9.78 Å². The Labute approximate surface area is 93.6 Å². The first-order valence-electron chi connectivity index (χ1n) is 4.92. The van der Waals surface area contributed by atoms with Crippen LogP contribution in [0, 0.1) is 0 Å². The molecule has 0 saturated carbocycles. The van der Waals surface area contributed by atoms with Gasteiger partial charge in [-0.1, -0.05) is 25.2 Å². The van der Waals surface area contributed by atoms with Gasteiger partial charge in [0.1, 0.15) is 4.88 Å². The van der Waals surface area contributed by atoms with Gasteiger partial charge in [-0.05, 0) is 12.8 Å². The maximum Gasteiger partial charge on any atom is 0.347 e. The number of anilines is 1. The van der Waals surface area contributed by atoms with Crippen LogP contribution in [0.15, 0.2) is 0 Å². The van der Waals surface area contributed by atoms with Crippen molar-refractivity contribution in [3.05, 3.63) is 10.6 Å². The lowest BCUT2D eigenvalue weighted by Crippen LogP contribution is -2.15. The Balaban J connectivity index is 3.15. The van der Waals surface area contributed by atoms with Crippen LogP contribution in [0.3, 0.4) is 0 Å². The Morgan fingerprint density at radius 3 is 2.53 bits per heavy atom. The monoisotopic (exact) mass is 228 g/mol. The second kappa shape index (κ2) is 4.61. The Kier molecular flexibility index (Phi) is 3.68. The minimum absolute atomic E-state index is 0.145. The fourth-order valence-electron chi connectivity index (χ4n) is 1.16. The lowest BCUT2D eigenvalue weighted by atomic mass is 10.1. The number of aromatic carboxylic acids is 1. The van der Waals surface area contributed by atoms with E-state index >= 15 is 0 Å². The van der Waals surface area contributed by atoms with Crippen LogP contribution in [0.2, 0.25) is 0 Å². The fourth-order valence-corrected chi connectivity index (χ4v) is 2.25. The van der Waals surface area contributed by atoms with Gasteiger partial charge < -0.3 is 10.0 Å². The van der Waals surface area contributed by atoms with Crippen LogP contribution in [0.1, 0.15) is 42.1 Å². The summed E-state index contributed by atoms with van der Waals surface area (Å²) in [5.41, 5.74) is 0.683. The number of hydrogen-bond donors (Lipinski definition) is 1. The van der Waals surface area contributed by atoms with Crippen molar-refractivity contribution in [2.45, 2.75) is 26.7 Å². The first-order valence-corrected chi connectivity index (χ1v) is 5.74. The second-order valence-corrected chi connectivity index (χ2v) is 4.66. The number of rotatable bonds is 4. The number of carboxylic acids is 1. The third kappa shape index (κ3) is 2.47. The molecule has 0 radical (unpaired) electrons. The van der Waals surface area contributed by atoms with Crippen molar-refractivity contribution in [1.82, 2.24) is 4.98 Å². The maximum atomic E-state index is 11.0. The molecule has 0 atom stereocenters. The van der Waals surface area contributed by atoms with Gasteiger partial charge in [-0.15, -0.1) is 0 Å². The normalized spacial score (nSPS) is 10.7. The average molecular weight is 228 g/mol. The molecule has 4 nitrogen and oxygen atoms in total. The van der Waals surface area contributed by atoms with Crippen LogP contribution < -0.4 is 4.90 Å². The van der Waals surface area contributed by atoms with Gasteiger partial charge in [0.25, 0.3) is 0 Å². The smallest absolute Gasteiger partial charge is 0.347 e. The van der Waals surface area contributed by atoms with E-state index in [9.17, 15) is 4.79 Å². The van der Waals surface area contributed by atoms with Gasteiger partial charge in [0.15, 0.2) is 5.13 Å². The molecule has 84 valence electrons. The minimum Gasteiger partial charge on any atom is -0.477 e. The first-order chi connectivity index (χ1) is 6.97. The highest BCUT2D eigenvalue weighted by Gasteiger charge is 2.20. The van der Waals surface area contributed by atoms with E-state index in [2.05, 4.69) is 4.98 Å². The second-order valence-electron chi connectivity index (χ2n) is 3.68. The van der Waals surface area contributed by atoms with E-state index in [1.165, 1.54) is 11.3 Å². The molecule has 0 aliphatic heterocycles. The molecule has 0 spiro atoms. The van der Waals surface area contributed by atoms with Crippen molar-refractivity contribution >= 4 is 22.4 Å². The molecule has 1 aromatic rings. The van der Waals surface area contributed by atoms with Crippen molar-refractivity contribution in [3.63, 3.8) is 0 Å². The summed E-state index contributed by atoms with van der Waals surface area (Å²) >= 11 is 1.24. The van der Waals surface area contributed by atoms with Crippen LogP contribution in [-0.4, -0.2) is 29.7 Å². The van der Waals surface area contributed by atoms with Crippen LogP contribution in [0.25, 0.3) is 0 Å². The number of aromatic nitrogens is 1. The summed E-state index contributed by atoms with van der Waals surface area (Å²) in [5.74, 6) is -0.738. The van der Waals surface area contributed by atoms with E-state index in [-0.39, 0.29) is 5.92 Å². The standard InChI is InChI=1S/C10H16N2O2S/c1-5-12(4)10-11-7(6(2)3)8(15-10)9(13)14/h6H,5H2,1-4H3,(H,13,14). The van der Waals surface area contributed by atoms with E-state index in [4.69, 9.17) is 5.11 Å². The van der Waals surface area contributed by atoms with E-state index in [1.807, 2.05) is 32.7 Å². The van der Waals surface area contributed by atoms with Crippen LogP contribution in [0.4, 0.5) is 5.13 Å². The molecular formula is C10H16N2O2S. The van der Waals surface area contributed by atoms with E-state index in [1.54, 1.807) is 0 Å². The molecule has 1 heterocycles. The van der Waals surface area contributed by atoms with Gasteiger partial charge in [0.05, 0.1) is 5.69 Å². The Morgan fingerprint density at radius 2 is 2.20 bits per heavy atom. The maximum absolute atomic E-state index is 11.0. The molecule has 0 bridgehead atoms. The van der Waals surface area contributed by atoms with Crippen molar-refractivity contribution < 1.29 is 9.90 Å². The van der Waals surface area contributed by atoms with Gasteiger partial charge in [0, 0.05) is 13.6 Å². The summed E-state index contributed by atoms with van der Waals surface area (Å²) < 4.78 is 0. The van der Waals surface area contributed by atoms with Crippen molar-refractivity contribution in [1.29, 1.82) is 0 Å². The Bertz CT molecular complexity index is 360. The number of nitrogens with zero attached hydrogens (tertiary/aromatic N) is 2. The molecule has 0 aliphatic rings. The molecule has 1 N–H and O–H groups in total. The summed E-state index contributed by atoms with van der Waals surface area (Å²) in [7, 11) is 1.91. The summed E-state index contributed by atoms with van der Waals surface area (Å²) in [6.45, 7) is 6.75. The number of hydrogen-bond acceptors (Lipinski definition) is 4. The number of carboxylic acid groups (broad SMARTS) is 1. The molecule has 0 unspecified atom stereocenters. The predicted octanol–water partition coefficient (Wildman–Crippen LogP) is 2.42. The first kappa shape index (κ1) is 12.0. The third-order valence-electron chi connectivity index (χ3n) is 2.18. The van der Waals surface area contributed by atoms with Gasteiger partial charge >= 0.3 is 5.97 Å². The minimum atomic E-state index is -0.882. The van der Waals surface area contributed by atoms with Crippen LogP contribution >= 0.6 is 11.3 Å². The highest BCUT2D eigenvalue weighted by Crippen LogP contribution is 2.29. The Hall–Kier alpha value is -1.10. The molecule has 0 aromatic carbocycles. The molecular weight excluding hydrogens is 212 g/mol. The highest BCUT2D eigenvalue weighted by atomic mass is 32.1. The molecule has 1 rings (SSSR count). The molecule has 5 heteroatoms. The van der Waals surface area contributed by atoms with Crippen molar-refractivity contribution in [2.75, 3.05) is 18.5 Å². The average Bonchev–Trinajstić information content (AvgIpc) is 2.61. The highest BCUT2D eigenvalue weighted by molar-refractivity contribution is 7.17. The summed E-state index contributed by atoms with van der Waals surface area (Å²) in [4.78, 5) is 17.7. The fraction of sp³-hybridized carbons (Fsp3) is 0.600. The van der Waals surface area contributed by atoms with Gasteiger partial charge in [-0.2, -0.15) is 0 Å². The quantitative estimate of drug-likeness (QED) is 0.860. The molecule has 15 heavy (non-hydrogen) atoms. The van der Waals surface area contributed by atoms with Gasteiger partial charge in [0.2, 0.25) is 0 Å². The summed E-state index contributed by atoms with van der Waals surface area (Å²) in [5, 5.41) is 9.81. The molecule has 0 fully saturated rings. The number of thiazole rings is 1. The zero-order chi connectivity index (χ0) is 11.6. The zero-order valence-corrected chi connectivity index (χ0v) is 10.3. The SMILES string of the molecule is CCN(C)c1nc(C(C)C)c(C(=O)O)s1. The third-order valence-corrected chi connectivity index (χ3v) is 3.36. The molecule has 0 aliphatic carbocycles.